The Morgan fingerprint density at radius 3 is 2.36 bits per heavy atom. The average Bonchev–Trinajstić information content (AvgIpc) is 2.43. The van der Waals surface area contributed by atoms with Crippen molar-refractivity contribution in [2.45, 2.75) is 31.7 Å². The topological polar surface area (TPSA) is 66.4 Å². The zero-order valence-electron chi connectivity index (χ0n) is 6.39. The molecular formula is C7H11NO3. The molecule has 1 fully saturated rings. The van der Waals surface area contributed by atoms with Crippen LogP contribution < -0.4 is 5.32 Å². The monoisotopic (exact) mass is 157 g/mol. The molecule has 1 rings (SSSR count). The van der Waals surface area contributed by atoms with Gasteiger partial charge < -0.3 is 10.4 Å². The van der Waals surface area contributed by atoms with Gasteiger partial charge in [0.15, 0.2) is 0 Å². The van der Waals surface area contributed by atoms with Gasteiger partial charge in [-0.2, -0.15) is 0 Å². The second kappa shape index (κ2) is 2.53. The highest BCUT2D eigenvalue weighted by Crippen LogP contribution is 2.38. The van der Waals surface area contributed by atoms with Crippen molar-refractivity contribution in [3.63, 3.8) is 0 Å². The van der Waals surface area contributed by atoms with Crippen molar-refractivity contribution >= 4 is 11.9 Å². The molecule has 1 aliphatic carbocycles. The van der Waals surface area contributed by atoms with Crippen LogP contribution in [-0.2, 0) is 9.59 Å². The van der Waals surface area contributed by atoms with E-state index in [1.807, 2.05) is 0 Å². The number of carboxylic acid groups (broad SMARTS) is 1. The number of carboxylic acids is 1. The number of nitrogens with one attached hydrogen (secondary N) is 1. The number of hydrogen-bond donors (Lipinski definition) is 2. The van der Waals surface area contributed by atoms with Crippen molar-refractivity contribution in [1.29, 1.82) is 0 Å². The molecule has 11 heavy (non-hydrogen) atoms. The Balaban J connectivity index is 2.41. The Morgan fingerprint density at radius 1 is 1.55 bits per heavy atom. The molecule has 1 amide bonds. The summed E-state index contributed by atoms with van der Waals surface area (Å²) >= 11 is 0. The molecule has 0 aliphatic heterocycles. The summed E-state index contributed by atoms with van der Waals surface area (Å²) in [7, 11) is 0. The van der Waals surface area contributed by atoms with Gasteiger partial charge in [0.2, 0.25) is 5.91 Å². The second-order valence-electron chi connectivity index (χ2n) is 3.03. The maximum absolute atomic E-state index is 10.6. The third-order valence-corrected chi connectivity index (χ3v) is 1.78. The van der Waals surface area contributed by atoms with Gasteiger partial charge in [-0.25, -0.2) is 0 Å². The lowest BCUT2D eigenvalue weighted by atomic mass is 10.2. The van der Waals surface area contributed by atoms with Crippen LogP contribution in [0, 0.1) is 0 Å². The molecule has 1 saturated carbocycles. The predicted octanol–water partition coefficient (Wildman–Crippen LogP) is 0.130. The minimum Gasteiger partial charge on any atom is -0.481 e. The Labute approximate surface area is 64.6 Å². The van der Waals surface area contributed by atoms with E-state index in [-0.39, 0.29) is 12.3 Å². The van der Waals surface area contributed by atoms with E-state index in [0.717, 1.165) is 12.8 Å². The fraction of sp³-hybridized carbons (Fsp3) is 0.714. The maximum Gasteiger partial charge on any atom is 0.305 e. The van der Waals surface area contributed by atoms with Crippen LogP contribution in [0.2, 0.25) is 0 Å². The minimum atomic E-state index is -0.851. The molecule has 1 aliphatic rings. The van der Waals surface area contributed by atoms with Gasteiger partial charge in [0.25, 0.3) is 0 Å². The van der Waals surface area contributed by atoms with Gasteiger partial charge >= 0.3 is 5.97 Å². The van der Waals surface area contributed by atoms with Crippen molar-refractivity contribution < 1.29 is 14.7 Å². The summed E-state index contributed by atoms with van der Waals surface area (Å²) in [6.45, 7) is 1.40. The van der Waals surface area contributed by atoms with Gasteiger partial charge in [0.1, 0.15) is 0 Å². The summed E-state index contributed by atoms with van der Waals surface area (Å²) in [6.07, 6.45) is 1.63. The first-order chi connectivity index (χ1) is 5.04. The summed E-state index contributed by atoms with van der Waals surface area (Å²) < 4.78 is 0. The standard InChI is InChI=1S/C7H11NO3/c1-5(9)8-7(2-3-7)4-6(10)11/h2-4H2,1H3,(H,8,9)(H,10,11). The van der Waals surface area contributed by atoms with Gasteiger partial charge in [0, 0.05) is 6.92 Å². The van der Waals surface area contributed by atoms with Crippen LogP contribution in [0.25, 0.3) is 0 Å². The fourth-order valence-corrected chi connectivity index (χ4v) is 1.16. The van der Waals surface area contributed by atoms with Crippen LogP contribution in [0.1, 0.15) is 26.2 Å². The molecule has 0 heterocycles. The van der Waals surface area contributed by atoms with E-state index >= 15 is 0 Å². The number of hydrogen-bond acceptors (Lipinski definition) is 2. The largest absolute Gasteiger partial charge is 0.481 e. The van der Waals surface area contributed by atoms with Crippen LogP contribution in [0.3, 0.4) is 0 Å². The fourth-order valence-electron chi connectivity index (χ4n) is 1.16. The zero-order valence-corrected chi connectivity index (χ0v) is 6.39. The summed E-state index contributed by atoms with van der Waals surface area (Å²) in [5.74, 6) is -1.000. The van der Waals surface area contributed by atoms with Gasteiger partial charge in [-0.1, -0.05) is 0 Å². The lowest BCUT2D eigenvalue weighted by molar-refractivity contribution is -0.138. The van der Waals surface area contributed by atoms with Gasteiger partial charge in [-0.05, 0) is 12.8 Å². The molecule has 0 bridgehead atoms. The summed E-state index contributed by atoms with van der Waals surface area (Å²) in [4.78, 5) is 20.9. The molecule has 0 radical (unpaired) electrons. The summed E-state index contributed by atoms with van der Waals surface area (Å²) in [5, 5.41) is 11.1. The van der Waals surface area contributed by atoms with Crippen molar-refractivity contribution in [1.82, 2.24) is 5.32 Å². The third-order valence-electron chi connectivity index (χ3n) is 1.78. The second-order valence-corrected chi connectivity index (χ2v) is 3.03. The van der Waals surface area contributed by atoms with E-state index in [4.69, 9.17) is 5.11 Å². The minimum absolute atomic E-state index is 0.0482. The highest BCUT2D eigenvalue weighted by Gasteiger charge is 2.45. The first kappa shape index (κ1) is 8.04. The van der Waals surface area contributed by atoms with Crippen molar-refractivity contribution in [3.05, 3.63) is 0 Å². The first-order valence-corrected chi connectivity index (χ1v) is 3.55. The number of carbonyl (C=O) groups excluding carboxylic acids is 1. The molecule has 2 N–H and O–H groups in total. The lowest BCUT2D eigenvalue weighted by Gasteiger charge is -2.12. The SMILES string of the molecule is CC(=O)NC1(CC(=O)O)CC1. The smallest absolute Gasteiger partial charge is 0.305 e. The van der Waals surface area contributed by atoms with Crippen LogP contribution in [0.4, 0.5) is 0 Å². The number of amides is 1. The van der Waals surface area contributed by atoms with Crippen molar-refractivity contribution in [2.24, 2.45) is 0 Å². The number of rotatable bonds is 3. The Bertz CT molecular complexity index is 178. The van der Waals surface area contributed by atoms with Crippen LogP contribution in [-0.4, -0.2) is 22.5 Å². The number of aliphatic carboxylic acids is 1. The quantitative estimate of drug-likeness (QED) is 0.612. The molecule has 0 unspecified atom stereocenters. The van der Waals surface area contributed by atoms with Crippen LogP contribution >= 0.6 is 0 Å². The van der Waals surface area contributed by atoms with E-state index in [9.17, 15) is 9.59 Å². The van der Waals surface area contributed by atoms with E-state index in [1.165, 1.54) is 6.92 Å². The van der Waals surface area contributed by atoms with Crippen LogP contribution in [0.5, 0.6) is 0 Å². The van der Waals surface area contributed by atoms with E-state index in [2.05, 4.69) is 5.32 Å². The number of carbonyl (C=O) groups is 2. The summed E-state index contributed by atoms with van der Waals surface area (Å²) in [5.41, 5.74) is -0.405. The van der Waals surface area contributed by atoms with Crippen molar-refractivity contribution in [3.8, 4) is 0 Å². The van der Waals surface area contributed by atoms with Gasteiger partial charge in [-0.3, -0.25) is 9.59 Å². The van der Waals surface area contributed by atoms with Gasteiger partial charge in [0.05, 0.1) is 12.0 Å². The third kappa shape index (κ3) is 2.22. The maximum atomic E-state index is 10.6. The summed E-state index contributed by atoms with van der Waals surface area (Å²) in [6, 6.07) is 0. The highest BCUT2D eigenvalue weighted by atomic mass is 16.4. The Hall–Kier alpha value is -1.06. The molecule has 0 aromatic heterocycles. The normalized spacial score (nSPS) is 19.0. The predicted molar refractivity (Wildman–Crippen MR) is 38.0 cm³/mol. The molecule has 4 heteroatoms. The molecule has 0 spiro atoms. The van der Waals surface area contributed by atoms with Gasteiger partial charge in [-0.15, -0.1) is 0 Å². The van der Waals surface area contributed by atoms with Crippen molar-refractivity contribution in [2.75, 3.05) is 0 Å². The van der Waals surface area contributed by atoms with E-state index in [0.29, 0.717) is 0 Å². The molecular weight excluding hydrogens is 146 g/mol. The van der Waals surface area contributed by atoms with E-state index in [1.54, 1.807) is 0 Å². The molecule has 0 aromatic rings. The first-order valence-electron chi connectivity index (χ1n) is 3.55. The van der Waals surface area contributed by atoms with E-state index < -0.39 is 11.5 Å². The molecule has 62 valence electrons. The molecule has 4 nitrogen and oxygen atoms in total. The zero-order chi connectivity index (χ0) is 8.48. The molecule has 0 aromatic carbocycles. The Morgan fingerprint density at radius 2 is 2.09 bits per heavy atom. The molecule has 0 atom stereocenters. The molecule has 0 saturated heterocycles. The van der Waals surface area contributed by atoms with Crippen LogP contribution in [0.15, 0.2) is 0 Å². The average molecular weight is 157 g/mol. The highest BCUT2D eigenvalue weighted by molar-refractivity contribution is 5.76. The lowest BCUT2D eigenvalue weighted by Crippen LogP contribution is -2.36. The Kier molecular flexibility index (Phi) is 1.85.